The molecule has 0 unspecified atom stereocenters. The summed E-state index contributed by atoms with van der Waals surface area (Å²) in [6, 6.07) is 9.34. The van der Waals surface area contributed by atoms with Gasteiger partial charge in [-0.2, -0.15) is 0 Å². The first-order valence-corrected chi connectivity index (χ1v) is 19.9. The van der Waals surface area contributed by atoms with E-state index in [1.165, 1.54) is 16.7 Å². The van der Waals surface area contributed by atoms with Crippen LogP contribution in [-0.2, 0) is 11.2 Å². The summed E-state index contributed by atoms with van der Waals surface area (Å²) in [5.41, 5.74) is 5.13. The quantitative estimate of drug-likeness (QED) is 0.0732. The molecule has 3 aliphatic heterocycles. The van der Waals surface area contributed by atoms with Crippen molar-refractivity contribution in [3.05, 3.63) is 106 Å². The summed E-state index contributed by atoms with van der Waals surface area (Å²) < 4.78 is 0. The highest BCUT2D eigenvalue weighted by atomic mass is 16.3. The second-order valence-corrected chi connectivity index (χ2v) is 16.7. The Morgan fingerprint density at radius 3 is 2.74 bits per heavy atom. The third kappa shape index (κ3) is 7.53. The maximum Gasteiger partial charge on any atom is 0.145 e. The fourth-order valence-corrected chi connectivity index (χ4v) is 10.9. The van der Waals surface area contributed by atoms with Crippen LogP contribution >= 0.6 is 0 Å². The highest BCUT2D eigenvalue weighted by Gasteiger charge is 2.68. The molecule has 1 spiro atoms. The highest BCUT2D eigenvalue weighted by Crippen LogP contribution is 2.67. The molecule has 7 N–H and O–H groups in total. The molecule has 0 radical (unpaired) electrons. The lowest BCUT2D eigenvalue weighted by molar-refractivity contribution is -0.194. The van der Waals surface area contributed by atoms with Crippen molar-refractivity contribution in [1.82, 2.24) is 16.0 Å². The standard InChI is InChI=1S/C45H63N3O5/c1-28(34-13-12-29(2)43-47-25-39(31(4)48-43)35-10-7-9-32(22-34)23-35)8-6-11-37(27-51)38-16-18-45(42(38)52)41-33(17-21-49)14-15-36(40(41)30(3)26-50)24-44(45,53)19-20-46-5/h6-12,14-15,23,26,31,33-34,36,38-39,41-43,46-49,51-53H,1,13,16-22,24-25,27H2,2-5H3/b8-6+,29-12+,37-11-,40-30?/t31-,33+,34-,36+,38+,39+,41+,42-,43-,44-,45-/m1/s1. The molecule has 1 aromatic carbocycles. The zero-order chi connectivity index (χ0) is 37.9. The summed E-state index contributed by atoms with van der Waals surface area (Å²) in [4.78, 5) is 12.3. The first-order chi connectivity index (χ1) is 25.5. The molecule has 6 bridgehead atoms. The monoisotopic (exact) mass is 725 g/mol. The third-order valence-corrected chi connectivity index (χ3v) is 13.8. The number of benzene rings is 1. The highest BCUT2D eigenvalue weighted by molar-refractivity contribution is 5.74. The summed E-state index contributed by atoms with van der Waals surface area (Å²) in [6.07, 6.45) is 16.8. The van der Waals surface area contributed by atoms with Gasteiger partial charge in [-0.25, -0.2) is 0 Å². The first kappa shape index (κ1) is 39.7. The predicted molar refractivity (Wildman–Crippen MR) is 212 cm³/mol. The van der Waals surface area contributed by atoms with Crippen molar-refractivity contribution in [2.75, 3.05) is 33.4 Å². The smallest absolute Gasteiger partial charge is 0.145 e. The van der Waals surface area contributed by atoms with Crippen molar-refractivity contribution < 1.29 is 25.2 Å². The maximum atomic E-state index is 12.8. The van der Waals surface area contributed by atoms with Gasteiger partial charge in [0.05, 0.1) is 24.5 Å². The van der Waals surface area contributed by atoms with E-state index in [1.54, 1.807) is 0 Å². The molecule has 7 rings (SSSR count). The van der Waals surface area contributed by atoms with E-state index >= 15 is 0 Å². The van der Waals surface area contributed by atoms with Gasteiger partial charge in [0.15, 0.2) is 0 Å². The van der Waals surface area contributed by atoms with E-state index < -0.39 is 17.1 Å². The van der Waals surface area contributed by atoms with Gasteiger partial charge in [0.1, 0.15) is 6.29 Å². The van der Waals surface area contributed by atoms with E-state index in [-0.39, 0.29) is 49.0 Å². The molecule has 3 heterocycles. The van der Waals surface area contributed by atoms with Crippen molar-refractivity contribution in [3.63, 3.8) is 0 Å². The van der Waals surface area contributed by atoms with Gasteiger partial charge in [-0.05, 0) is 125 Å². The molecule has 0 amide bonds. The van der Waals surface area contributed by atoms with Gasteiger partial charge in [0, 0.05) is 42.4 Å². The Morgan fingerprint density at radius 1 is 1.21 bits per heavy atom. The van der Waals surface area contributed by atoms with E-state index in [9.17, 15) is 25.2 Å². The topological polar surface area (TPSA) is 134 Å². The summed E-state index contributed by atoms with van der Waals surface area (Å²) >= 11 is 0. The molecule has 2 saturated carbocycles. The van der Waals surface area contributed by atoms with Crippen LogP contribution in [0.25, 0.3) is 0 Å². The molecule has 3 aliphatic carbocycles. The van der Waals surface area contributed by atoms with Gasteiger partial charge in [0.25, 0.3) is 0 Å². The average molecular weight is 726 g/mol. The second-order valence-electron chi connectivity index (χ2n) is 16.7. The van der Waals surface area contributed by atoms with Gasteiger partial charge in [-0.3, -0.25) is 15.4 Å². The van der Waals surface area contributed by atoms with E-state index in [1.807, 2.05) is 32.2 Å². The number of carbonyl (C=O) groups is 1. The molecule has 1 saturated heterocycles. The van der Waals surface area contributed by atoms with Gasteiger partial charge in [-0.15, -0.1) is 0 Å². The summed E-state index contributed by atoms with van der Waals surface area (Å²) in [5, 5.41) is 56.9. The molecular formula is C45H63N3O5. The number of carbonyl (C=O) groups excluding carboxylic acids is 1. The van der Waals surface area contributed by atoms with Crippen molar-refractivity contribution in [2.45, 2.75) is 95.5 Å². The van der Waals surface area contributed by atoms with E-state index in [0.717, 1.165) is 42.4 Å². The number of rotatable bonds is 11. The Kier molecular flexibility index (Phi) is 12.6. The average Bonchev–Trinajstić information content (AvgIpc) is 3.50. The van der Waals surface area contributed by atoms with Gasteiger partial charge >= 0.3 is 0 Å². The van der Waals surface area contributed by atoms with Crippen molar-refractivity contribution >= 4 is 6.29 Å². The first-order valence-electron chi connectivity index (χ1n) is 19.9. The number of aliphatic hydroxyl groups is 4. The van der Waals surface area contributed by atoms with Crippen LogP contribution in [0.4, 0.5) is 0 Å². The number of nitrogens with one attached hydrogen (secondary N) is 3. The summed E-state index contributed by atoms with van der Waals surface area (Å²) in [6.45, 7) is 12.1. The Hall–Kier alpha value is -2.95. The second kappa shape index (κ2) is 16.8. The minimum absolute atomic E-state index is 0.0273. The van der Waals surface area contributed by atoms with Crippen LogP contribution in [-0.4, -0.2) is 84.0 Å². The minimum atomic E-state index is -1.21. The van der Waals surface area contributed by atoms with Crippen molar-refractivity contribution in [3.8, 4) is 0 Å². The lowest BCUT2D eigenvalue weighted by atomic mass is 9.45. The van der Waals surface area contributed by atoms with E-state index in [4.69, 9.17) is 0 Å². The minimum Gasteiger partial charge on any atom is -0.396 e. The summed E-state index contributed by atoms with van der Waals surface area (Å²) in [5.74, 6) is -0.334. The van der Waals surface area contributed by atoms with Gasteiger partial charge < -0.3 is 25.7 Å². The van der Waals surface area contributed by atoms with E-state index in [0.29, 0.717) is 56.2 Å². The van der Waals surface area contributed by atoms with Gasteiger partial charge in [-0.1, -0.05) is 78.4 Å². The largest absolute Gasteiger partial charge is 0.396 e. The van der Waals surface area contributed by atoms with Crippen LogP contribution in [0.1, 0.15) is 76.3 Å². The zero-order valence-corrected chi connectivity index (χ0v) is 32.2. The predicted octanol–water partition coefficient (Wildman–Crippen LogP) is 5.04. The van der Waals surface area contributed by atoms with Crippen LogP contribution in [0.5, 0.6) is 0 Å². The van der Waals surface area contributed by atoms with Crippen LogP contribution in [0.3, 0.4) is 0 Å². The lowest BCUT2D eigenvalue weighted by Gasteiger charge is -2.61. The van der Waals surface area contributed by atoms with Crippen molar-refractivity contribution in [1.29, 1.82) is 0 Å². The Morgan fingerprint density at radius 2 is 2.02 bits per heavy atom. The number of aldehydes is 1. The van der Waals surface area contributed by atoms with Crippen LogP contribution in [0.15, 0.2) is 95.2 Å². The fraction of sp³-hybridized carbons (Fsp3) is 0.578. The number of fused-ring (bicyclic) bond motifs is 8. The molecule has 288 valence electrons. The third-order valence-electron chi connectivity index (χ3n) is 13.8. The molecule has 0 aromatic heterocycles. The maximum absolute atomic E-state index is 12.8. The number of aliphatic hydroxyl groups excluding tert-OH is 3. The molecule has 8 nitrogen and oxygen atoms in total. The van der Waals surface area contributed by atoms with Crippen molar-refractivity contribution in [2.24, 2.45) is 35.0 Å². The molecule has 6 aliphatic rings. The lowest BCUT2D eigenvalue weighted by Crippen LogP contribution is -2.65. The molecule has 53 heavy (non-hydrogen) atoms. The molecule has 8 heteroatoms. The SMILES string of the molecule is C=C(/C=C/C=C(/CO)[C@@H]1CC[C@]2([C@@H]1O)[C@@H]1C(=C(C)C=O)[C@@H](C=C[C@H]1CCO)C[C@]2(O)CCNC)[C@@H]1C/C=C(\C)[C@@H]2NC[C@H](c3cccc(c3)C1)[C@@H](C)N2. The van der Waals surface area contributed by atoms with Crippen LogP contribution in [0, 0.1) is 35.0 Å². The Balaban J connectivity index is 1.29. The molecule has 1 aromatic rings. The zero-order valence-electron chi connectivity index (χ0n) is 32.2. The fourth-order valence-electron chi connectivity index (χ4n) is 10.9. The van der Waals surface area contributed by atoms with E-state index in [2.05, 4.69) is 78.9 Å². The Labute approximate surface area is 316 Å². The number of hydrogen-bond donors (Lipinski definition) is 7. The Bertz CT molecular complexity index is 1660. The van der Waals surface area contributed by atoms with Crippen LogP contribution in [0.2, 0.25) is 0 Å². The van der Waals surface area contributed by atoms with Gasteiger partial charge in [0.2, 0.25) is 0 Å². The molecule has 11 atom stereocenters. The van der Waals surface area contributed by atoms with Crippen LogP contribution < -0.4 is 16.0 Å². The molecule has 3 fully saturated rings. The normalized spacial score (nSPS) is 39.1. The summed E-state index contributed by atoms with van der Waals surface area (Å²) in [7, 11) is 1.87. The molecular weight excluding hydrogens is 663 g/mol. The number of allylic oxidation sites excluding steroid dienone is 9. The number of hydrogen-bond acceptors (Lipinski definition) is 8.